The molecule has 18 heavy (non-hydrogen) atoms. The summed E-state index contributed by atoms with van der Waals surface area (Å²) >= 11 is 5.53. The summed E-state index contributed by atoms with van der Waals surface area (Å²) < 4.78 is 18.2. The fourth-order valence-electron chi connectivity index (χ4n) is 1.33. The molecule has 0 fully saturated rings. The Morgan fingerprint density at radius 1 is 1.39 bits per heavy atom. The average molecular weight is 269 g/mol. The van der Waals surface area contributed by atoms with Gasteiger partial charge in [0.25, 0.3) is 0 Å². The molecule has 0 saturated carbocycles. The number of urea groups is 1. The number of hydrogen-bond donors (Lipinski definition) is 2. The standard InChI is InChI=1S/C12H10ClFN2O2/c13-10-4-3-8(6-11(10)14)16-12(17)15-7-9-2-1-5-18-9/h1-6H,7H2,(H2,15,16,17). The van der Waals surface area contributed by atoms with Crippen molar-refractivity contribution in [2.45, 2.75) is 6.54 Å². The van der Waals surface area contributed by atoms with Crippen molar-refractivity contribution in [3.63, 3.8) is 0 Å². The third-order valence-electron chi connectivity index (χ3n) is 2.18. The molecule has 2 aromatic rings. The van der Waals surface area contributed by atoms with E-state index < -0.39 is 11.8 Å². The predicted molar refractivity (Wildman–Crippen MR) is 66.0 cm³/mol. The van der Waals surface area contributed by atoms with Crippen LogP contribution in [0.3, 0.4) is 0 Å². The Morgan fingerprint density at radius 2 is 2.22 bits per heavy atom. The van der Waals surface area contributed by atoms with Crippen molar-refractivity contribution >= 4 is 23.3 Å². The van der Waals surface area contributed by atoms with E-state index in [2.05, 4.69) is 10.6 Å². The molecule has 2 rings (SSSR count). The van der Waals surface area contributed by atoms with Crippen molar-refractivity contribution in [1.29, 1.82) is 0 Å². The Bertz CT molecular complexity index is 543. The second-order valence-electron chi connectivity index (χ2n) is 3.52. The summed E-state index contributed by atoms with van der Waals surface area (Å²) in [5, 5.41) is 5.06. The number of furan rings is 1. The predicted octanol–water partition coefficient (Wildman–Crippen LogP) is 3.39. The molecule has 1 aromatic heterocycles. The van der Waals surface area contributed by atoms with Gasteiger partial charge in [0.2, 0.25) is 0 Å². The molecular weight excluding hydrogens is 259 g/mol. The van der Waals surface area contributed by atoms with Crippen LogP contribution in [0.1, 0.15) is 5.76 Å². The number of carbonyl (C=O) groups excluding carboxylic acids is 1. The zero-order chi connectivity index (χ0) is 13.0. The number of amides is 2. The van der Waals surface area contributed by atoms with Crippen LogP contribution in [-0.4, -0.2) is 6.03 Å². The lowest BCUT2D eigenvalue weighted by molar-refractivity contribution is 0.251. The summed E-state index contributed by atoms with van der Waals surface area (Å²) in [5.41, 5.74) is 0.328. The van der Waals surface area contributed by atoms with Gasteiger partial charge >= 0.3 is 6.03 Å². The van der Waals surface area contributed by atoms with Crippen LogP contribution >= 0.6 is 11.6 Å². The molecule has 0 aliphatic heterocycles. The molecule has 4 nitrogen and oxygen atoms in total. The first kappa shape index (κ1) is 12.4. The maximum Gasteiger partial charge on any atom is 0.319 e. The van der Waals surface area contributed by atoms with Gasteiger partial charge in [0.1, 0.15) is 11.6 Å². The first-order chi connectivity index (χ1) is 8.65. The Balaban J connectivity index is 1.88. The first-order valence-corrected chi connectivity index (χ1v) is 5.55. The van der Waals surface area contributed by atoms with Crippen molar-refractivity contribution in [2.75, 3.05) is 5.32 Å². The van der Waals surface area contributed by atoms with Crippen LogP contribution in [-0.2, 0) is 6.54 Å². The summed E-state index contributed by atoms with van der Waals surface area (Å²) in [6.45, 7) is 0.259. The summed E-state index contributed by atoms with van der Waals surface area (Å²) in [7, 11) is 0. The minimum Gasteiger partial charge on any atom is -0.467 e. The number of benzene rings is 1. The van der Waals surface area contributed by atoms with E-state index in [0.717, 1.165) is 6.07 Å². The zero-order valence-corrected chi connectivity index (χ0v) is 10.00. The maximum absolute atomic E-state index is 13.1. The fraction of sp³-hybridized carbons (Fsp3) is 0.0833. The van der Waals surface area contributed by atoms with E-state index in [1.54, 1.807) is 12.1 Å². The molecule has 1 heterocycles. The van der Waals surface area contributed by atoms with Gasteiger partial charge in [-0.1, -0.05) is 11.6 Å². The van der Waals surface area contributed by atoms with Crippen LogP contribution < -0.4 is 10.6 Å². The lowest BCUT2D eigenvalue weighted by atomic mass is 10.3. The molecule has 6 heteroatoms. The minimum absolute atomic E-state index is 0.0107. The summed E-state index contributed by atoms with van der Waals surface area (Å²) in [5.74, 6) is 0.0490. The van der Waals surface area contributed by atoms with E-state index in [9.17, 15) is 9.18 Å². The monoisotopic (exact) mass is 268 g/mol. The van der Waals surface area contributed by atoms with E-state index in [0.29, 0.717) is 11.4 Å². The van der Waals surface area contributed by atoms with Gasteiger partial charge in [0.15, 0.2) is 0 Å². The minimum atomic E-state index is -0.583. The highest BCUT2D eigenvalue weighted by molar-refractivity contribution is 6.30. The van der Waals surface area contributed by atoms with Gasteiger partial charge in [-0.25, -0.2) is 9.18 Å². The van der Waals surface area contributed by atoms with E-state index in [1.165, 1.54) is 18.4 Å². The van der Waals surface area contributed by atoms with Crippen molar-refractivity contribution in [3.05, 3.63) is 53.2 Å². The quantitative estimate of drug-likeness (QED) is 0.896. The molecule has 0 unspecified atom stereocenters. The number of carbonyl (C=O) groups is 1. The number of halogens is 2. The molecular formula is C12H10ClFN2O2. The SMILES string of the molecule is O=C(NCc1ccco1)Nc1ccc(Cl)c(F)c1. The van der Waals surface area contributed by atoms with Crippen molar-refractivity contribution in [1.82, 2.24) is 5.32 Å². The Kier molecular flexibility index (Phi) is 3.84. The fourth-order valence-corrected chi connectivity index (χ4v) is 1.45. The Labute approximate surface area is 108 Å². The molecule has 0 bridgehead atoms. The van der Waals surface area contributed by atoms with Crippen LogP contribution in [0.2, 0.25) is 5.02 Å². The topological polar surface area (TPSA) is 54.3 Å². The summed E-state index contributed by atoms with van der Waals surface area (Å²) in [4.78, 5) is 11.5. The smallest absolute Gasteiger partial charge is 0.319 e. The average Bonchev–Trinajstić information content (AvgIpc) is 2.84. The van der Waals surface area contributed by atoms with Gasteiger partial charge in [-0.3, -0.25) is 0 Å². The Hall–Kier alpha value is -2.01. The Morgan fingerprint density at radius 3 is 2.89 bits per heavy atom. The third kappa shape index (κ3) is 3.24. The lowest BCUT2D eigenvalue weighted by Crippen LogP contribution is -2.28. The van der Waals surface area contributed by atoms with E-state index >= 15 is 0 Å². The molecule has 94 valence electrons. The van der Waals surface area contributed by atoms with Crippen molar-refractivity contribution < 1.29 is 13.6 Å². The molecule has 1 aromatic carbocycles. The highest BCUT2D eigenvalue weighted by atomic mass is 35.5. The van der Waals surface area contributed by atoms with Crippen LogP contribution in [0.4, 0.5) is 14.9 Å². The van der Waals surface area contributed by atoms with Crippen LogP contribution in [0.5, 0.6) is 0 Å². The maximum atomic E-state index is 13.1. The molecule has 2 N–H and O–H groups in total. The van der Waals surface area contributed by atoms with Gasteiger partial charge in [0, 0.05) is 5.69 Å². The molecule has 0 radical (unpaired) electrons. The summed E-state index contributed by atoms with van der Waals surface area (Å²) in [6.07, 6.45) is 1.52. The van der Waals surface area contributed by atoms with Crippen LogP contribution in [0.25, 0.3) is 0 Å². The van der Waals surface area contributed by atoms with E-state index in [4.69, 9.17) is 16.0 Å². The molecule has 0 aliphatic carbocycles. The molecule has 0 saturated heterocycles. The lowest BCUT2D eigenvalue weighted by Gasteiger charge is -2.06. The normalized spacial score (nSPS) is 10.1. The van der Waals surface area contributed by atoms with E-state index in [-0.39, 0.29) is 11.6 Å². The molecule has 0 aliphatic rings. The molecule has 2 amide bonds. The highest BCUT2D eigenvalue weighted by Crippen LogP contribution is 2.18. The number of nitrogens with one attached hydrogen (secondary N) is 2. The number of hydrogen-bond acceptors (Lipinski definition) is 2. The second-order valence-corrected chi connectivity index (χ2v) is 3.92. The zero-order valence-electron chi connectivity index (χ0n) is 9.24. The van der Waals surface area contributed by atoms with Crippen molar-refractivity contribution in [3.8, 4) is 0 Å². The third-order valence-corrected chi connectivity index (χ3v) is 2.49. The molecule has 0 atom stereocenters. The van der Waals surface area contributed by atoms with Crippen molar-refractivity contribution in [2.24, 2.45) is 0 Å². The van der Waals surface area contributed by atoms with Crippen LogP contribution in [0, 0.1) is 5.82 Å². The van der Waals surface area contributed by atoms with Gasteiger partial charge in [-0.05, 0) is 30.3 Å². The number of rotatable bonds is 3. The van der Waals surface area contributed by atoms with E-state index in [1.807, 2.05) is 0 Å². The van der Waals surface area contributed by atoms with Crippen LogP contribution in [0.15, 0.2) is 41.0 Å². The number of anilines is 1. The molecule has 0 spiro atoms. The van der Waals surface area contributed by atoms with Gasteiger partial charge in [-0.2, -0.15) is 0 Å². The van der Waals surface area contributed by atoms with Gasteiger partial charge in [-0.15, -0.1) is 0 Å². The van der Waals surface area contributed by atoms with Gasteiger partial charge < -0.3 is 15.1 Å². The second kappa shape index (κ2) is 5.55. The largest absolute Gasteiger partial charge is 0.467 e. The first-order valence-electron chi connectivity index (χ1n) is 5.17. The summed E-state index contributed by atoms with van der Waals surface area (Å²) in [6, 6.07) is 7.05. The highest BCUT2D eigenvalue weighted by Gasteiger charge is 2.05. The van der Waals surface area contributed by atoms with Gasteiger partial charge in [0.05, 0.1) is 17.8 Å².